The molecule has 0 aliphatic carbocycles. The van der Waals surface area contributed by atoms with Crippen molar-refractivity contribution in [3.05, 3.63) is 30.1 Å². The third-order valence-corrected chi connectivity index (χ3v) is 4.56. The maximum absolute atomic E-state index is 12.2. The molecule has 1 unspecified atom stereocenters. The second kappa shape index (κ2) is 7.15. The van der Waals surface area contributed by atoms with E-state index in [9.17, 15) is 8.42 Å². The van der Waals surface area contributed by atoms with Gasteiger partial charge in [0.1, 0.15) is 0 Å². The number of aromatic nitrogens is 1. The summed E-state index contributed by atoms with van der Waals surface area (Å²) in [7, 11) is -3.33. The summed E-state index contributed by atoms with van der Waals surface area (Å²) in [5.74, 6) is 0.0428. The van der Waals surface area contributed by atoms with Crippen LogP contribution < -0.4 is 10.5 Å². The maximum Gasteiger partial charge on any atom is 0.212 e. The van der Waals surface area contributed by atoms with Gasteiger partial charge in [-0.25, -0.2) is 13.1 Å². The Morgan fingerprint density at radius 3 is 2.55 bits per heavy atom. The SMILES string of the molecule is CC(C)(C)C(CCN)NS(=O)(=O)CCc1ccccn1. The van der Waals surface area contributed by atoms with Crippen molar-refractivity contribution >= 4 is 10.0 Å². The van der Waals surface area contributed by atoms with Crippen LogP contribution >= 0.6 is 0 Å². The first-order valence-electron chi connectivity index (χ1n) is 6.84. The van der Waals surface area contributed by atoms with E-state index in [1.54, 1.807) is 6.20 Å². The van der Waals surface area contributed by atoms with Crippen LogP contribution in [0, 0.1) is 5.41 Å². The quantitative estimate of drug-likeness (QED) is 0.795. The van der Waals surface area contributed by atoms with Gasteiger partial charge >= 0.3 is 0 Å². The van der Waals surface area contributed by atoms with Gasteiger partial charge in [-0.2, -0.15) is 0 Å². The zero-order valence-electron chi connectivity index (χ0n) is 12.5. The van der Waals surface area contributed by atoms with Crippen LogP contribution in [0.1, 0.15) is 32.9 Å². The normalized spacial score (nSPS) is 14.2. The fraction of sp³-hybridized carbons (Fsp3) is 0.643. The minimum atomic E-state index is -3.33. The van der Waals surface area contributed by atoms with Gasteiger partial charge in [0.15, 0.2) is 0 Å². The minimum Gasteiger partial charge on any atom is -0.330 e. The fourth-order valence-corrected chi connectivity index (χ4v) is 3.40. The lowest BCUT2D eigenvalue weighted by atomic mass is 9.85. The number of nitrogens with zero attached hydrogens (tertiary/aromatic N) is 1. The molecule has 1 aromatic heterocycles. The highest BCUT2D eigenvalue weighted by Crippen LogP contribution is 2.22. The second-order valence-corrected chi connectivity index (χ2v) is 7.88. The molecular formula is C14H25N3O2S. The van der Waals surface area contributed by atoms with Crippen LogP contribution in [0.25, 0.3) is 0 Å². The van der Waals surface area contributed by atoms with E-state index in [2.05, 4.69) is 9.71 Å². The summed E-state index contributed by atoms with van der Waals surface area (Å²) in [4.78, 5) is 4.13. The highest BCUT2D eigenvalue weighted by Gasteiger charge is 2.27. The molecule has 6 heteroatoms. The van der Waals surface area contributed by atoms with Crippen molar-refractivity contribution in [1.29, 1.82) is 0 Å². The zero-order chi connectivity index (χ0) is 15.2. The smallest absolute Gasteiger partial charge is 0.212 e. The topological polar surface area (TPSA) is 85.1 Å². The molecule has 0 saturated carbocycles. The summed E-state index contributed by atoms with van der Waals surface area (Å²) >= 11 is 0. The van der Waals surface area contributed by atoms with Crippen LogP contribution in [-0.2, 0) is 16.4 Å². The highest BCUT2D eigenvalue weighted by atomic mass is 32.2. The van der Waals surface area contributed by atoms with Crippen LogP contribution in [0.3, 0.4) is 0 Å². The van der Waals surface area contributed by atoms with E-state index >= 15 is 0 Å². The molecule has 5 nitrogen and oxygen atoms in total. The number of pyridine rings is 1. The summed E-state index contributed by atoms with van der Waals surface area (Å²) in [5, 5.41) is 0. The standard InChI is InChI=1S/C14H25N3O2S/c1-14(2,3)13(7-9-15)17-20(18,19)11-8-12-6-4-5-10-16-12/h4-6,10,13,17H,7-9,11,15H2,1-3H3. The van der Waals surface area contributed by atoms with Gasteiger partial charge in [0.2, 0.25) is 10.0 Å². The number of nitrogens with two attached hydrogens (primary N) is 1. The van der Waals surface area contributed by atoms with E-state index in [4.69, 9.17) is 5.73 Å². The molecule has 0 aliphatic heterocycles. The Kier molecular flexibility index (Phi) is 6.10. The summed E-state index contributed by atoms with van der Waals surface area (Å²) < 4.78 is 27.1. The van der Waals surface area contributed by atoms with Crippen molar-refractivity contribution in [1.82, 2.24) is 9.71 Å². The summed E-state index contributed by atoms with van der Waals surface area (Å²) in [6.45, 7) is 6.49. The highest BCUT2D eigenvalue weighted by molar-refractivity contribution is 7.89. The molecule has 114 valence electrons. The molecule has 0 saturated heterocycles. The first kappa shape index (κ1) is 17.1. The molecule has 0 aromatic carbocycles. The second-order valence-electron chi connectivity index (χ2n) is 6.00. The minimum absolute atomic E-state index is 0.0428. The van der Waals surface area contributed by atoms with Gasteiger partial charge in [-0.15, -0.1) is 0 Å². The Labute approximate surface area is 122 Å². The molecule has 0 fully saturated rings. The van der Waals surface area contributed by atoms with Gasteiger partial charge in [0.25, 0.3) is 0 Å². The lowest BCUT2D eigenvalue weighted by Gasteiger charge is -2.31. The number of hydrogen-bond acceptors (Lipinski definition) is 4. The number of aryl methyl sites for hydroxylation is 1. The van der Waals surface area contributed by atoms with Crippen molar-refractivity contribution in [2.24, 2.45) is 11.1 Å². The summed E-state index contributed by atoms with van der Waals surface area (Å²) in [5.41, 5.74) is 6.19. The van der Waals surface area contributed by atoms with Crippen molar-refractivity contribution < 1.29 is 8.42 Å². The largest absolute Gasteiger partial charge is 0.330 e. The van der Waals surface area contributed by atoms with Crippen molar-refractivity contribution in [3.8, 4) is 0 Å². The molecule has 20 heavy (non-hydrogen) atoms. The third kappa shape index (κ3) is 5.98. The monoisotopic (exact) mass is 299 g/mol. The molecule has 1 atom stereocenters. The zero-order valence-corrected chi connectivity index (χ0v) is 13.3. The molecule has 1 rings (SSSR count). The van der Waals surface area contributed by atoms with Crippen molar-refractivity contribution in [2.75, 3.05) is 12.3 Å². The number of nitrogens with one attached hydrogen (secondary N) is 1. The average molecular weight is 299 g/mol. The molecule has 0 aliphatic rings. The molecule has 0 bridgehead atoms. The van der Waals surface area contributed by atoms with Gasteiger partial charge in [0, 0.05) is 24.4 Å². The molecule has 3 N–H and O–H groups in total. The Bertz CT molecular complexity index is 495. The van der Waals surface area contributed by atoms with E-state index in [1.165, 1.54) is 0 Å². The number of hydrogen-bond donors (Lipinski definition) is 2. The molecular weight excluding hydrogens is 274 g/mol. The molecule has 1 aromatic rings. The van der Waals surface area contributed by atoms with E-state index in [1.807, 2.05) is 39.0 Å². The molecule has 1 heterocycles. The Morgan fingerprint density at radius 2 is 2.05 bits per heavy atom. The van der Waals surface area contributed by atoms with Gasteiger partial charge in [-0.3, -0.25) is 4.98 Å². The summed E-state index contributed by atoms with van der Waals surface area (Å²) in [6, 6.07) is 5.35. The number of rotatable bonds is 7. The van der Waals surface area contributed by atoms with E-state index in [0.29, 0.717) is 19.4 Å². The molecule has 0 spiro atoms. The van der Waals surface area contributed by atoms with Crippen LogP contribution in [0.2, 0.25) is 0 Å². The lowest BCUT2D eigenvalue weighted by Crippen LogP contribution is -2.45. The maximum atomic E-state index is 12.2. The van der Waals surface area contributed by atoms with Gasteiger partial charge < -0.3 is 5.73 Å². The Balaban J connectivity index is 2.64. The van der Waals surface area contributed by atoms with Crippen molar-refractivity contribution in [3.63, 3.8) is 0 Å². The molecule has 0 amide bonds. The van der Waals surface area contributed by atoms with E-state index in [-0.39, 0.29) is 17.2 Å². The summed E-state index contributed by atoms with van der Waals surface area (Å²) in [6.07, 6.45) is 2.71. The third-order valence-electron chi connectivity index (χ3n) is 3.18. The fourth-order valence-electron chi connectivity index (χ4n) is 1.90. The predicted octanol–water partition coefficient (Wildman–Crippen LogP) is 1.31. The van der Waals surface area contributed by atoms with Crippen LogP contribution in [0.4, 0.5) is 0 Å². The first-order chi connectivity index (χ1) is 9.24. The predicted molar refractivity (Wildman–Crippen MR) is 81.8 cm³/mol. The molecule has 0 radical (unpaired) electrons. The lowest BCUT2D eigenvalue weighted by molar-refractivity contribution is 0.287. The average Bonchev–Trinajstić information content (AvgIpc) is 2.36. The van der Waals surface area contributed by atoms with Gasteiger partial charge in [-0.1, -0.05) is 26.8 Å². The van der Waals surface area contributed by atoms with Crippen LogP contribution in [0.5, 0.6) is 0 Å². The van der Waals surface area contributed by atoms with Crippen molar-refractivity contribution in [2.45, 2.75) is 39.7 Å². The van der Waals surface area contributed by atoms with Crippen LogP contribution in [0.15, 0.2) is 24.4 Å². The van der Waals surface area contributed by atoms with E-state index < -0.39 is 10.0 Å². The number of sulfonamides is 1. The van der Waals surface area contributed by atoms with E-state index in [0.717, 1.165) is 5.69 Å². The Hall–Kier alpha value is -0.980. The Morgan fingerprint density at radius 1 is 1.35 bits per heavy atom. The van der Waals surface area contributed by atoms with Gasteiger partial charge in [0.05, 0.1) is 5.75 Å². The first-order valence-corrected chi connectivity index (χ1v) is 8.50. The van der Waals surface area contributed by atoms with Gasteiger partial charge in [-0.05, 0) is 30.5 Å². The van der Waals surface area contributed by atoms with Crippen LogP contribution in [-0.4, -0.2) is 31.7 Å².